The molecule has 3 N–H and O–H groups in total. The summed E-state index contributed by atoms with van der Waals surface area (Å²) in [6.45, 7) is 5.27. The number of nitrogens with zero attached hydrogens (tertiary/aromatic N) is 2. The van der Waals surface area contributed by atoms with Gasteiger partial charge in [0.2, 0.25) is 5.91 Å². The fraction of sp³-hybridized carbons (Fsp3) is 0.652. The number of benzene rings is 1. The highest BCUT2D eigenvalue weighted by Crippen LogP contribution is 2.26. The predicted octanol–water partition coefficient (Wildman–Crippen LogP) is 3.68. The molecule has 1 aromatic carbocycles. The monoisotopic (exact) mass is 528 g/mol. The van der Waals surface area contributed by atoms with E-state index in [2.05, 4.69) is 22.5 Å². The van der Waals surface area contributed by atoms with Gasteiger partial charge in [-0.25, -0.2) is 0 Å². The first-order chi connectivity index (χ1) is 14.2. The van der Waals surface area contributed by atoms with Gasteiger partial charge in [-0.2, -0.15) is 0 Å². The lowest BCUT2D eigenvalue weighted by molar-refractivity contribution is -0.135. The van der Waals surface area contributed by atoms with Crippen LogP contribution in [0.3, 0.4) is 0 Å². The number of guanidine groups is 1. The lowest BCUT2D eigenvalue weighted by atomic mass is 9.88. The molecule has 7 heteroatoms. The third-order valence-corrected chi connectivity index (χ3v) is 5.97. The summed E-state index contributed by atoms with van der Waals surface area (Å²) in [6.07, 6.45) is 8.70. The average molecular weight is 528 g/mol. The van der Waals surface area contributed by atoms with Gasteiger partial charge in [0.15, 0.2) is 5.96 Å². The first kappa shape index (κ1) is 24.8. The maximum absolute atomic E-state index is 12.8. The summed E-state index contributed by atoms with van der Waals surface area (Å²) in [6, 6.07) is 7.64. The molecule has 0 bridgehead atoms. The van der Waals surface area contributed by atoms with Crippen LogP contribution in [0.25, 0.3) is 0 Å². The van der Waals surface area contributed by atoms with Crippen LogP contribution in [-0.4, -0.2) is 54.1 Å². The van der Waals surface area contributed by atoms with Crippen molar-refractivity contribution in [3.05, 3.63) is 29.8 Å². The fourth-order valence-corrected chi connectivity index (χ4v) is 4.34. The Labute approximate surface area is 197 Å². The molecular weight excluding hydrogens is 491 g/mol. The van der Waals surface area contributed by atoms with E-state index in [1.54, 1.807) is 12.1 Å². The number of nitrogens with one attached hydrogen (secondary N) is 2. The van der Waals surface area contributed by atoms with Gasteiger partial charge in [0.1, 0.15) is 5.75 Å². The second kappa shape index (κ2) is 13.0. The molecule has 1 heterocycles. The van der Waals surface area contributed by atoms with Crippen molar-refractivity contribution in [1.29, 1.82) is 0 Å². The molecule has 0 spiro atoms. The van der Waals surface area contributed by atoms with E-state index in [1.807, 2.05) is 12.1 Å². The number of carbonyl (C=O) groups is 1. The normalized spacial score (nSPS) is 20.0. The van der Waals surface area contributed by atoms with E-state index >= 15 is 0 Å². The Kier molecular flexibility index (Phi) is 10.7. The summed E-state index contributed by atoms with van der Waals surface area (Å²) in [5.74, 6) is 1.77. The lowest BCUT2D eigenvalue weighted by Crippen LogP contribution is -2.45. The lowest BCUT2D eigenvalue weighted by Gasteiger charge is -2.26. The third kappa shape index (κ3) is 7.63. The third-order valence-electron chi connectivity index (χ3n) is 5.97. The second-order valence-electron chi connectivity index (χ2n) is 8.28. The van der Waals surface area contributed by atoms with E-state index in [9.17, 15) is 9.90 Å². The highest BCUT2D eigenvalue weighted by atomic mass is 127. The van der Waals surface area contributed by atoms with Crippen molar-refractivity contribution in [3.63, 3.8) is 0 Å². The molecule has 1 unspecified atom stereocenters. The quantitative estimate of drug-likeness (QED) is 0.219. The van der Waals surface area contributed by atoms with Gasteiger partial charge in [0, 0.05) is 38.1 Å². The first-order valence-corrected chi connectivity index (χ1v) is 11.3. The molecule has 1 saturated heterocycles. The molecule has 1 aliphatic carbocycles. The van der Waals surface area contributed by atoms with Crippen LogP contribution in [-0.2, 0) is 11.2 Å². The minimum atomic E-state index is 0. The molecule has 30 heavy (non-hydrogen) atoms. The average Bonchev–Trinajstić information content (AvgIpc) is 3.21. The molecule has 0 aromatic heterocycles. The fourth-order valence-electron chi connectivity index (χ4n) is 4.34. The largest absolute Gasteiger partial charge is 0.508 e. The molecular formula is C23H37IN4O2. The van der Waals surface area contributed by atoms with Gasteiger partial charge in [0.05, 0.1) is 0 Å². The van der Waals surface area contributed by atoms with Crippen molar-refractivity contribution in [3.8, 4) is 5.75 Å². The Bertz CT molecular complexity index is 674. The molecule has 0 radical (unpaired) electrons. The number of phenolic OH excluding ortho intramolecular Hbond substituents is 1. The van der Waals surface area contributed by atoms with Gasteiger partial charge in [-0.3, -0.25) is 9.79 Å². The number of halogens is 1. The van der Waals surface area contributed by atoms with E-state index in [0.29, 0.717) is 11.7 Å². The molecule has 6 nitrogen and oxygen atoms in total. The summed E-state index contributed by atoms with van der Waals surface area (Å²) >= 11 is 0. The molecule has 3 rings (SSSR count). The zero-order valence-electron chi connectivity index (χ0n) is 18.1. The van der Waals surface area contributed by atoms with Gasteiger partial charge in [-0.15, -0.1) is 24.0 Å². The van der Waals surface area contributed by atoms with E-state index in [4.69, 9.17) is 4.99 Å². The first-order valence-electron chi connectivity index (χ1n) is 11.3. The van der Waals surface area contributed by atoms with Crippen LogP contribution in [0, 0.1) is 5.92 Å². The van der Waals surface area contributed by atoms with Gasteiger partial charge in [-0.05, 0) is 56.7 Å². The summed E-state index contributed by atoms with van der Waals surface area (Å²) in [5.41, 5.74) is 1.21. The van der Waals surface area contributed by atoms with Crippen LogP contribution in [0.15, 0.2) is 29.3 Å². The Hall–Kier alpha value is -1.51. The summed E-state index contributed by atoms with van der Waals surface area (Å²) in [4.78, 5) is 19.5. The Morgan fingerprint density at radius 1 is 1.17 bits per heavy atom. The number of hydrogen-bond donors (Lipinski definition) is 3. The van der Waals surface area contributed by atoms with Gasteiger partial charge in [-0.1, -0.05) is 31.4 Å². The van der Waals surface area contributed by atoms with Crippen LogP contribution >= 0.6 is 24.0 Å². The van der Waals surface area contributed by atoms with E-state index < -0.39 is 0 Å². The van der Waals surface area contributed by atoms with Crippen molar-refractivity contribution in [2.45, 2.75) is 64.3 Å². The number of hydrogen-bond acceptors (Lipinski definition) is 3. The van der Waals surface area contributed by atoms with Crippen molar-refractivity contribution in [1.82, 2.24) is 15.5 Å². The SMILES string of the molecule is CCNC(=NCCCc1ccc(O)cc1)NC1CCN(C(=O)C2CCCCC2)C1.I. The molecule has 1 saturated carbocycles. The molecule has 1 atom stereocenters. The molecule has 2 fully saturated rings. The minimum Gasteiger partial charge on any atom is -0.508 e. The van der Waals surface area contributed by atoms with Crippen LogP contribution in [0.5, 0.6) is 5.75 Å². The summed E-state index contributed by atoms with van der Waals surface area (Å²) in [5, 5.41) is 16.2. The molecule has 168 valence electrons. The number of amides is 1. The smallest absolute Gasteiger partial charge is 0.225 e. The highest BCUT2D eigenvalue weighted by Gasteiger charge is 2.31. The van der Waals surface area contributed by atoms with Crippen molar-refractivity contribution < 1.29 is 9.90 Å². The Balaban J connectivity index is 0.00000320. The second-order valence-corrected chi connectivity index (χ2v) is 8.28. The highest BCUT2D eigenvalue weighted by molar-refractivity contribution is 14.0. The van der Waals surface area contributed by atoms with Crippen LogP contribution in [0.2, 0.25) is 0 Å². The van der Waals surface area contributed by atoms with Crippen molar-refractivity contribution >= 4 is 35.8 Å². The Morgan fingerprint density at radius 2 is 1.90 bits per heavy atom. The van der Waals surface area contributed by atoms with Crippen LogP contribution in [0.1, 0.15) is 57.4 Å². The number of carbonyl (C=O) groups excluding carboxylic acids is 1. The maximum Gasteiger partial charge on any atom is 0.225 e. The van der Waals surface area contributed by atoms with E-state index in [1.165, 1.54) is 24.8 Å². The number of aliphatic imine (C=N–C) groups is 1. The molecule has 1 aliphatic heterocycles. The summed E-state index contributed by atoms with van der Waals surface area (Å²) < 4.78 is 0. The predicted molar refractivity (Wildman–Crippen MR) is 133 cm³/mol. The van der Waals surface area contributed by atoms with Gasteiger partial charge >= 0.3 is 0 Å². The zero-order chi connectivity index (χ0) is 20.5. The zero-order valence-corrected chi connectivity index (χ0v) is 20.4. The number of aromatic hydroxyl groups is 1. The number of rotatable bonds is 7. The number of likely N-dealkylation sites (tertiary alicyclic amines) is 1. The van der Waals surface area contributed by atoms with E-state index in [-0.39, 0.29) is 35.9 Å². The van der Waals surface area contributed by atoms with Crippen molar-refractivity contribution in [2.24, 2.45) is 10.9 Å². The van der Waals surface area contributed by atoms with E-state index in [0.717, 1.165) is 64.2 Å². The minimum absolute atomic E-state index is 0. The van der Waals surface area contributed by atoms with Gasteiger partial charge < -0.3 is 20.6 Å². The standard InChI is InChI=1S/C23H36N4O2.HI/c1-2-24-23(25-15-6-7-18-10-12-21(28)13-11-18)26-20-14-16-27(17-20)22(29)19-8-4-3-5-9-19;/h10-13,19-20,28H,2-9,14-17H2,1H3,(H2,24,25,26);1H. The molecule has 2 aliphatic rings. The number of aryl methyl sites for hydroxylation is 1. The Morgan fingerprint density at radius 3 is 2.60 bits per heavy atom. The summed E-state index contributed by atoms with van der Waals surface area (Å²) in [7, 11) is 0. The van der Waals surface area contributed by atoms with Crippen LogP contribution in [0.4, 0.5) is 0 Å². The molecule has 1 aromatic rings. The topological polar surface area (TPSA) is 77.0 Å². The van der Waals surface area contributed by atoms with Crippen molar-refractivity contribution in [2.75, 3.05) is 26.2 Å². The van der Waals surface area contributed by atoms with Gasteiger partial charge in [0.25, 0.3) is 0 Å². The number of phenols is 1. The maximum atomic E-state index is 12.8. The van der Waals surface area contributed by atoms with Crippen LogP contribution < -0.4 is 10.6 Å². The molecule has 1 amide bonds.